The Morgan fingerprint density at radius 2 is 1.78 bits per heavy atom. The van der Waals surface area contributed by atoms with Crippen LogP contribution in [0.3, 0.4) is 0 Å². The molecule has 1 aliphatic heterocycles. The van der Waals surface area contributed by atoms with Gasteiger partial charge in [-0.15, -0.1) is 0 Å². The number of carbonyl (C=O) groups excluding carboxylic acids is 2. The fourth-order valence-corrected chi connectivity index (χ4v) is 3.92. The van der Waals surface area contributed by atoms with Gasteiger partial charge >= 0.3 is 0 Å². The molecule has 0 saturated heterocycles. The van der Waals surface area contributed by atoms with E-state index in [1.165, 1.54) is 6.07 Å². The Bertz CT molecular complexity index is 1260. The molecule has 2 aromatic carbocycles. The van der Waals surface area contributed by atoms with Crippen molar-refractivity contribution in [2.24, 2.45) is 0 Å². The van der Waals surface area contributed by atoms with Gasteiger partial charge in [-0.3, -0.25) is 14.6 Å². The van der Waals surface area contributed by atoms with Crippen LogP contribution in [-0.2, 0) is 11.2 Å². The first-order chi connectivity index (χ1) is 15.2. The van der Waals surface area contributed by atoms with E-state index in [1.807, 2.05) is 19.9 Å². The summed E-state index contributed by atoms with van der Waals surface area (Å²) >= 11 is 0. The van der Waals surface area contributed by atoms with E-state index in [9.17, 15) is 22.8 Å². The molecular formula is C24H20F3N3O2. The van der Waals surface area contributed by atoms with Gasteiger partial charge in [-0.25, -0.2) is 13.2 Å². The van der Waals surface area contributed by atoms with Crippen LogP contribution in [0.15, 0.2) is 42.6 Å². The van der Waals surface area contributed by atoms with E-state index in [2.05, 4.69) is 10.3 Å². The van der Waals surface area contributed by atoms with Crippen molar-refractivity contribution in [3.05, 3.63) is 88.0 Å². The summed E-state index contributed by atoms with van der Waals surface area (Å²) in [6, 6.07) is 7.62. The minimum Gasteiger partial charge on any atom is -0.319 e. The van der Waals surface area contributed by atoms with Gasteiger partial charge in [0.15, 0.2) is 11.6 Å². The number of likely N-dealkylation sites (N-methyl/N-ethyl adjacent to an activating group) is 1. The number of rotatable bonds is 3. The average Bonchev–Trinajstić information content (AvgIpc) is 2.75. The summed E-state index contributed by atoms with van der Waals surface area (Å²) in [7, 11) is 1.70. The van der Waals surface area contributed by atoms with Crippen molar-refractivity contribution in [1.29, 1.82) is 0 Å². The van der Waals surface area contributed by atoms with E-state index in [0.29, 0.717) is 24.1 Å². The summed E-state index contributed by atoms with van der Waals surface area (Å²) in [5, 5.41) is 2.26. The highest BCUT2D eigenvalue weighted by Crippen LogP contribution is 2.36. The van der Waals surface area contributed by atoms with E-state index < -0.39 is 35.0 Å². The molecule has 8 heteroatoms. The topological polar surface area (TPSA) is 62.3 Å². The first-order valence-corrected chi connectivity index (χ1v) is 9.95. The third-order valence-electron chi connectivity index (χ3n) is 5.69. The molecule has 0 radical (unpaired) electrons. The minimum atomic E-state index is -1.34. The number of hydrogen-bond donors (Lipinski definition) is 1. The van der Waals surface area contributed by atoms with Gasteiger partial charge in [0.2, 0.25) is 5.91 Å². The van der Waals surface area contributed by atoms with Crippen molar-refractivity contribution in [1.82, 2.24) is 4.98 Å². The van der Waals surface area contributed by atoms with Crippen LogP contribution in [0, 0.1) is 31.3 Å². The molecule has 0 bridgehead atoms. The Hall–Kier alpha value is -3.68. The summed E-state index contributed by atoms with van der Waals surface area (Å²) in [5.41, 5.74) is 3.70. The van der Waals surface area contributed by atoms with Crippen molar-refractivity contribution in [2.75, 3.05) is 17.3 Å². The van der Waals surface area contributed by atoms with Crippen LogP contribution in [0.2, 0.25) is 0 Å². The lowest BCUT2D eigenvalue weighted by atomic mass is 9.84. The van der Waals surface area contributed by atoms with Crippen LogP contribution in [0.5, 0.6) is 0 Å². The number of aromatic nitrogens is 1. The lowest BCUT2D eigenvalue weighted by molar-refractivity contribution is -0.120. The van der Waals surface area contributed by atoms with Gasteiger partial charge in [0.1, 0.15) is 5.82 Å². The molecule has 1 aromatic heterocycles. The van der Waals surface area contributed by atoms with Gasteiger partial charge in [0.05, 0.1) is 11.6 Å². The van der Waals surface area contributed by atoms with Crippen LogP contribution in [0.4, 0.5) is 24.5 Å². The van der Waals surface area contributed by atoms with Gasteiger partial charge < -0.3 is 10.2 Å². The zero-order chi connectivity index (χ0) is 23.2. The summed E-state index contributed by atoms with van der Waals surface area (Å²) in [6.45, 7) is 3.69. The van der Waals surface area contributed by atoms with Crippen molar-refractivity contribution >= 4 is 23.2 Å². The second-order valence-corrected chi connectivity index (χ2v) is 7.88. The van der Waals surface area contributed by atoms with Gasteiger partial charge in [-0.2, -0.15) is 0 Å². The quantitative estimate of drug-likeness (QED) is 0.604. The molecule has 2 amide bonds. The molecule has 1 N–H and O–H groups in total. The van der Waals surface area contributed by atoms with Crippen molar-refractivity contribution in [3.8, 4) is 0 Å². The second-order valence-electron chi connectivity index (χ2n) is 7.88. The molecular weight excluding hydrogens is 419 g/mol. The number of anilines is 2. The number of amides is 2. The number of nitrogens with one attached hydrogen (secondary N) is 1. The standard InChI is InChI=1S/C24H20F3N3O2/c1-12-4-5-14(23(31)29-21-10-19(26)18(25)9-20(21)27)7-16(12)17-8-15-11-28-13(2)6-22(15)30(3)24(17)32/h4-7,9-11,17H,8H2,1-3H3,(H,29,31). The monoisotopic (exact) mass is 439 g/mol. The number of benzene rings is 2. The third kappa shape index (κ3) is 3.84. The van der Waals surface area contributed by atoms with Crippen LogP contribution in [0.1, 0.15) is 38.7 Å². The molecule has 1 atom stereocenters. The molecule has 2 heterocycles. The smallest absolute Gasteiger partial charge is 0.255 e. The van der Waals surface area contributed by atoms with Crippen molar-refractivity contribution in [3.63, 3.8) is 0 Å². The van der Waals surface area contributed by atoms with Crippen LogP contribution in [0.25, 0.3) is 0 Å². The van der Waals surface area contributed by atoms with E-state index in [-0.39, 0.29) is 11.5 Å². The summed E-state index contributed by atoms with van der Waals surface area (Å²) in [5.74, 6) is -5.05. The predicted octanol–water partition coefficient (Wildman–Crippen LogP) is 4.67. The first-order valence-electron chi connectivity index (χ1n) is 9.95. The SMILES string of the molecule is Cc1cc2c(cn1)CC(c1cc(C(=O)Nc3cc(F)c(F)cc3F)ccc1C)C(=O)N2C. The highest BCUT2D eigenvalue weighted by Gasteiger charge is 2.33. The Morgan fingerprint density at radius 1 is 1.06 bits per heavy atom. The molecule has 0 saturated carbocycles. The second kappa shape index (κ2) is 8.11. The summed E-state index contributed by atoms with van der Waals surface area (Å²) in [4.78, 5) is 31.7. The molecule has 1 aliphatic rings. The molecule has 0 aliphatic carbocycles. The van der Waals surface area contributed by atoms with E-state index in [0.717, 1.165) is 22.5 Å². The van der Waals surface area contributed by atoms with Crippen molar-refractivity contribution < 1.29 is 22.8 Å². The number of halogens is 3. The van der Waals surface area contributed by atoms with Gasteiger partial charge in [0.25, 0.3) is 5.91 Å². The van der Waals surface area contributed by atoms with Gasteiger partial charge in [0, 0.05) is 42.3 Å². The Morgan fingerprint density at radius 3 is 2.53 bits per heavy atom. The van der Waals surface area contributed by atoms with Crippen LogP contribution < -0.4 is 10.2 Å². The summed E-state index contributed by atoms with van der Waals surface area (Å²) in [6.07, 6.45) is 2.17. The Balaban J connectivity index is 1.66. The zero-order valence-electron chi connectivity index (χ0n) is 17.7. The fourth-order valence-electron chi connectivity index (χ4n) is 3.92. The third-order valence-corrected chi connectivity index (χ3v) is 5.69. The fraction of sp³-hybridized carbons (Fsp3) is 0.208. The summed E-state index contributed by atoms with van der Waals surface area (Å²) < 4.78 is 40.5. The molecule has 1 unspecified atom stereocenters. The van der Waals surface area contributed by atoms with Gasteiger partial charge in [-0.05, 0) is 55.2 Å². The molecule has 164 valence electrons. The lowest BCUT2D eigenvalue weighted by Crippen LogP contribution is -2.37. The molecule has 5 nitrogen and oxygen atoms in total. The number of fused-ring (bicyclic) bond motifs is 1. The number of aryl methyl sites for hydroxylation is 2. The highest BCUT2D eigenvalue weighted by atomic mass is 19.2. The Kier molecular flexibility index (Phi) is 5.46. The lowest BCUT2D eigenvalue weighted by Gasteiger charge is -2.32. The van der Waals surface area contributed by atoms with Crippen LogP contribution >= 0.6 is 0 Å². The number of hydrogen-bond acceptors (Lipinski definition) is 3. The van der Waals surface area contributed by atoms with Crippen LogP contribution in [-0.4, -0.2) is 23.8 Å². The Labute approximate surface area is 182 Å². The molecule has 0 fully saturated rings. The predicted molar refractivity (Wildman–Crippen MR) is 114 cm³/mol. The maximum absolute atomic E-state index is 13.9. The first kappa shape index (κ1) is 21.5. The molecule has 4 rings (SSSR count). The maximum Gasteiger partial charge on any atom is 0.255 e. The van der Waals surface area contributed by atoms with E-state index in [4.69, 9.17) is 0 Å². The van der Waals surface area contributed by atoms with Crippen molar-refractivity contribution in [2.45, 2.75) is 26.2 Å². The molecule has 3 aromatic rings. The van der Waals surface area contributed by atoms with E-state index in [1.54, 1.807) is 30.3 Å². The largest absolute Gasteiger partial charge is 0.319 e. The number of carbonyl (C=O) groups is 2. The zero-order valence-corrected chi connectivity index (χ0v) is 17.7. The molecule has 32 heavy (non-hydrogen) atoms. The molecule has 0 spiro atoms. The normalized spacial score (nSPS) is 15.5. The maximum atomic E-state index is 13.9. The highest BCUT2D eigenvalue weighted by molar-refractivity contribution is 6.05. The van der Waals surface area contributed by atoms with Gasteiger partial charge in [-0.1, -0.05) is 6.07 Å². The minimum absolute atomic E-state index is 0.115. The average molecular weight is 439 g/mol. The number of pyridine rings is 1. The van der Waals surface area contributed by atoms with E-state index >= 15 is 0 Å². The number of nitrogens with zero attached hydrogens (tertiary/aromatic N) is 2.